The Labute approximate surface area is 124 Å². The minimum atomic E-state index is 0.188. The average Bonchev–Trinajstić information content (AvgIpc) is 2.99. The molecular formula is C16H21N3O2. The van der Waals surface area contributed by atoms with E-state index in [4.69, 9.17) is 4.52 Å². The molecule has 0 radical (unpaired) electrons. The number of hydrogen-bond acceptors (Lipinski definition) is 5. The van der Waals surface area contributed by atoms with Crippen LogP contribution >= 0.6 is 0 Å². The number of aliphatic hydroxyl groups is 1. The Balaban J connectivity index is 1.74. The van der Waals surface area contributed by atoms with Crippen molar-refractivity contribution in [2.45, 2.75) is 44.8 Å². The van der Waals surface area contributed by atoms with Crippen molar-refractivity contribution in [2.24, 2.45) is 0 Å². The quantitative estimate of drug-likeness (QED) is 0.936. The normalized spacial score (nSPS) is 23.3. The number of aliphatic hydroxyl groups excluding tert-OH is 1. The van der Waals surface area contributed by atoms with Crippen molar-refractivity contribution < 1.29 is 9.63 Å². The highest BCUT2D eigenvalue weighted by molar-refractivity contribution is 5.51. The Morgan fingerprint density at radius 3 is 2.86 bits per heavy atom. The molecule has 3 rings (SSSR count). The minimum absolute atomic E-state index is 0.188. The van der Waals surface area contributed by atoms with Crippen LogP contribution in [0.1, 0.15) is 32.0 Å². The van der Waals surface area contributed by atoms with E-state index in [9.17, 15) is 5.11 Å². The van der Waals surface area contributed by atoms with Gasteiger partial charge in [0.2, 0.25) is 0 Å². The molecule has 0 amide bonds. The smallest absolute Gasteiger partial charge is 0.257 e. The van der Waals surface area contributed by atoms with Gasteiger partial charge in [-0.25, -0.2) is 0 Å². The van der Waals surface area contributed by atoms with Crippen LogP contribution in [-0.4, -0.2) is 38.8 Å². The minimum Gasteiger partial charge on any atom is -0.395 e. The molecule has 112 valence electrons. The topological polar surface area (TPSA) is 62.4 Å². The van der Waals surface area contributed by atoms with Crippen LogP contribution in [0, 0.1) is 0 Å². The summed E-state index contributed by atoms with van der Waals surface area (Å²) < 4.78 is 5.35. The maximum Gasteiger partial charge on any atom is 0.257 e. The highest BCUT2D eigenvalue weighted by atomic mass is 16.5. The van der Waals surface area contributed by atoms with Crippen molar-refractivity contribution in [3.05, 3.63) is 36.2 Å². The van der Waals surface area contributed by atoms with Crippen LogP contribution in [0.2, 0.25) is 0 Å². The van der Waals surface area contributed by atoms with Gasteiger partial charge in [0.25, 0.3) is 5.89 Å². The monoisotopic (exact) mass is 287 g/mol. The summed E-state index contributed by atoms with van der Waals surface area (Å²) >= 11 is 0. The van der Waals surface area contributed by atoms with Crippen LogP contribution in [0.15, 0.2) is 34.9 Å². The molecule has 0 saturated carbocycles. The number of piperidine rings is 1. The van der Waals surface area contributed by atoms with E-state index < -0.39 is 0 Å². The fourth-order valence-corrected chi connectivity index (χ4v) is 3.00. The van der Waals surface area contributed by atoms with Gasteiger partial charge in [-0.2, -0.15) is 4.98 Å². The van der Waals surface area contributed by atoms with Gasteiger partial charge in [0.05, 0.1) is 13.2 Å². The highest BCUT2D eigenvalue weighted by Crippen LogP contribution is 2.25. The Hall–Kier alpha value is -1.72. The van der Waals surface area contributed by atoms with Crippen LogP contribution in [0.25, 0.3) is 11.5 Å². The molecule has 2 heterocycles. The molecule has 0 bridgehead atoms. The van der Waals surface area contributed by atoms with Crippen molar-refractivity contribution in [3.8, 4) is 11.5 Å². The summed E-state index contributed by atoms with van der Waals surface area (Å²) in [7, 11) is 0. The van der Waals surface area contributed by atoms with E-state index in [0.717, 1.165) is 18.4 Å². The number of aromatic nitrogens is 2. The van der Waals surface area contributed by atoms with Gasteiger partial charge in [0, 0.05) is 17.6 Å². The first-order valence-electron chi connectivity index (χ1n) is 7.52. The molecule has 2 atom stereocenters. The van der Waals surface area contributed by atoms with E-state index in [1.807, 2.05) is 30.3 Å². The maximum atomic E-state index is 9.53. The molecule has 1 aromatic carbocycles. The Bertz CT molecular complexity index is 570. The number of hydrogen-bond donors (Lipinski definition) is 1. The zero-order valence-corrected chi connectivity index (χ0v) is 12.3. The van der Waals surface area contributed by atoms with Gasteiger partial charge < -0.3 is 9.63 Å². The predicted molar refractivity (Wildman–Crippen MR) is 79.5 cm³/mol. The molecule has 1 aliphatic heterocycles. The zero-order valence-electron chi connectivity index (χ0n) is 12.3. The Morgan fingerprint density at radius 2 is 2.10 bits per heavy atom. The van der Waals surface area contributed by atoms with Crippen LogP contribution in [0.5, 0.6) is 0 Å². The molecule has 1 saturated heterocycles. The second kappa shape index (κ2) is 6.37. The lowest BCUT2D eigenvalue weighted by atomic mass is 9.97. The summed E-state index contributed by atoms with van der Waals surface area (Å²) in [5.41, 5.74) is 0.932. The van der Waals surface area contributed by atoms with Crippen molar-refractivity contribution >= 4 is 0 Å². The average molecular weight is 287 g/mol. The molecule has 21 heavy (non-hydrogen) atoms. The molecule has 0 spiro atoms. The summed E-state index contributed by atoms with van der Waals surface area (Å²) in [6.45, 7) is 3.01. The molecule has 5 heteroatoms. The van der Waals surface area contributed by atoms with Crippen LogP contribution < -0.4 is 0 Å². The molecule has 1 fully saturated rings. The molecular weight excluding hydrogens is 266 g/mol. The fourth-order valence-electron chi connectivity index (χ4n) is 3.00. The van der Waals surface area contributed by atoms with E-state index in [1.54, 1.807) is 0 Å². The fraction of sp³-hybridized carbons (Fsp3) is 0.500. The molecule has 0 aliphatic carbocycles. The molecule has 1 aliphatic rings. The third-order valence-electron chi connectivity index (χ3n) is 4.22. The van der Waals surface area contributed by atoms with Gasteiger partial charge in [-0.3, -0.25) is 4.90 Å². The zero-order chi connectivity index (χ0) is 14.7. The molecule has 2 aromatic rings. The lowest BCUT2D eigenvalue weighted by Crippen LogP contribution is -2.46. The van der Waals surface area contributed by atoms with Crippen LogP contribution in [-0.2, 0) is 6.54 Å². The summed E-state index contributed by atoms with van der Waals surface area (Å²) in [5.74, 6) is 1.23. The Kier molecular flexibility index (Phi) is 4.31. The third kappa shape index (κ3) is 3.14. The molecule has 1 N–H and O–H groups in total. The summed E-state index contributed by atoms with van der Waals surface area (Å²) in [4.78, 5) is 6.76. The van der Waals surface area contributed by atoms with Gasteiger partial charge in [0.1, 0.15) is 0 Å². The second-order valence-electron chi connectivity index (χ2n) is 5.67. The van der Waals surface area contributed by atoms with Gasteiger partial charge in [-0.1, -0.05) is 29.8 Å². The van der Waals surface area contributed by atoms with E-state index in [-0.39, 0.29) is 12.6 Å². The van der Waals surface area contributed by atoms with Crippen molar-refractivity contribution in [3.63, 3.8) is 0 Å². The standard InChI is InChI=1S/C16H21N3O2/c1-12-6-5-9-14(11-20)19(12)10-15-17-16(21-18-15)13-7-3-2-4-8-13/h2-4,7-8,12,14,20H,5-6,9-11H2,1H3. The first-order chi connectivity index (χ1) is 10.3. The van der Waals surface area contributed by atoms with Crippen LogP contribution in [0.4, 0.5) is 0 Å². The number of nitrogens with zero attached hydrogens (tertiary/aromatic N) is 3. The first-order valence-corrected chi connectivity index (χ1v) is 7.52. The van der Waals surface area contributed by atoms with Crippen molar-refractivity contribution in [2.75, 3.05) is 6.61 Å². The van der Waals surface area contributed by atoms with E-state index in [1.165, 1.54) is 6.42 Å². The largest absolute Gasteiger partial charge is 0.395 e. The van der Waals surface area contributed by atoms with Crippen LogP contribution in [0.3, 0.4) is 0 Å². The molecule has 1 aromatic heterocycles. The van der Waals surface area contributed by atoms with Gasteiger partial charge in [-0.15, -0.1) is 0 Å². The van der Waals surface area contributed by atoms with Gasteiger partial charge >= 0.3 is 0 Å². The molecule has 2 unspecified atom stereocenters. The van der Waals surface area contributed by atoms with Crippen molar-refractivity contribution in [1.82, 2.24) is 15.0 Å². The summed E-state index contributed by atoms with van der Waals surface area (Å²) in [5, 5.41) is 13.6. The summed E-state index contributed by atoms with van der Waals surface area (Å²) in [6, 6.07) is 10.4. The first kappa shape index (κ1) is 14.2. The van der Waals surface area contributed by atoms with Crippen molar-refractivity contribution in [1.29, 1.82) is 0 Å². The maximum absolute atomic E-state index is 9.53. The second-order valence-corrected chi connectivity index (χ2v) is 5.67. The predicted octanol–water partition coefficient (Wildman–Crippen LogP) is 2.47. The number of likely N-dealkylation sites (tertiary alicyclic amines) is 1. The van der Waals surface area contributed by atoms with E-state index in [0.29, 0.717) is 24.3 Å². The highest BCUT2D eigenvalue weighted by Gasteiger charge is 2.28. The van der Waals surface area contributed by atoms with Gasteiger partial charge in [-0.05, 0) is 31.9 Å². The molecule has 5 nitrogen and oxygen atoms in total. The van der Waals surface area contributed by atoms with Gasteiger partial charge in [0.15, 0.2) is 5.82 Å². The lowest BCUT2D eigenvalue weighted by molar-refractivity contribution is 0.0425. The Morgan fingerprint density at radius 1 is 1.29 bits per heavy atom. The number of rotatable bonds is 4. The summed E-state index contributed by atoms with van der Waals surface area (Å²) in [6.07, 6.45) is 3.36. The van der Waals surface area contributed by atoms with E-state index >= 15 is 0 Å². The van der Waals surface area contributed by atoms with E-state index in [2.05, 4.69) is 22.0 Å². The third-order valence-corrected chi connectivity index (χ3v) is 4.22. The number of benzene rings is 1. The SMILES string of the molecule is CC1CCCC(CO)N1Cc1noc(-c2ccccc2)n1. The lowest BCUT2D eigenvalue weighted by Gasteiger charge is -2.39.